The third-order valence-electron chi connectivity index (χ3n) is 2.87. The Hall–Kier alpha value is 0.350. The Kier molecular flexibility index (Phi) is 10.1. The van der Waals surface area contributed by atoms with Gasteiger partial charge in [-0.2, -0.15) is 11.8 Å². The van der Waals surface area contributed by atoms with Gasteiger partial charge in [0.25, 0.3) is 0 Å². The summed E-state index contributed by atoms with van der Waals surface area (Å²) < 4.78 is 0. The van der Waals surface area contributed by atoms with E-state index in [9.17, 15) is 0 Å². The van der Waals surface area contributed by atoms with Gasteiger partial charge in [0.15, 0.2) is 0 Å². The van der Waals surface area contributed by atoms with E-state index < -0.39 is 0 Å². The first-order valence-corrected chi connectivity index (χ1v) is 7.40. The largest absolute Gasteiger partial charge is 0.159 e. The highest BCUT2D eigenvalue weighted by atomic mass is 32.2. The van der Waals surface area contributed by atoms with E-state index in [-0.39, 0.29) is 0 Å². The van der Waals surface area contributed by atoms with E-state index in [0.29, 0.717) is 0 Å². The molecule has 0 spiro atoms. The van der Waals surface area contributed by atoms with Crippen molar-refractivity contribution in [3.8, 4) is 0 Å². The van der Waals surface area contributed by atoms with E-state index >= 15 is 0 Å². The molecule has 0 aromatic heterocycles. The van der Waals surface area contributed by atoms with Gasteiger partial charge in [-0.15, -0.1) is 0 Å². The van der Waals surface area contributed by atoms with Crippen LogP contribution in [0.15, 0.2) is 0 Å². The van der Waals surface area contributed by atoms with E-state index in [1.54, 1.807) is 0 Å². The molecule has 0 N–H and O–H groups in total. The van der Waals surface area contributed by atoms with Gasteiger partial charge >= 0.3 is 0 Å². The van der Waals surface area contributed by atoms with Crippen LogP contribution in [0.4, 0.5) is 0 Å². The molecule has 0 saturated heterocycles. The van der Waals surface area contributed by atoms with Crippen molar-refractivity contribution in [2.45, 2.75) is 71.5 Å². The second-order valence-electron chi connectivity index (χ2n) is 4.34. The van der Waals surface area contributed by atoms with Gasteiger partial charge in [-0.25, -0.2) is 0 Å². The Balaban J connectivity index is 0.000000364. The maximum absolute atomic E-state index is 2.38. The van der Waals surface area contributed by atoms with Crippen LogP contribution in [0.25, 0.3) is 0 Å². The van der Waals surface area contributed by atoms with Gasteiger partial charge in [0.2, 0.25) is 0 Å². The Morgan fingerprint density at radius 1 is 0.929 bits per heavy atom. The van der Waals surface area contributed by atoms with Gasteiger partial charge in [0.1, 0.15) is 0 Å². The highest BCUT2D eigenvalue weighted by Gasteiger charge is 2.17. The van der Waals surface area contributed by atoms with Crippen LogP contribution in [0.5, 0.6) is 0 Å². The van der Waals surface area contributed by atoms with Crippen LogP contribution in [-0.2, 0) is 0 Å². The van der Waals surface area contributed by atoms with Crippen molar-refractivity contribution in [3.05, 3.63) is 0 Å². The van der Waals surface area contributed by atoms with Crippen molar-refractivity contribution in [1.29, 1.82) is 0 Å². The van der Waals surface area contributed by atoms with Gasteiger partial charge in [-0.1, -0.05) is 40.5 Å². The SMILES string of the molecule is CCCC.CCSC1CCC(C)CC1. The molecule has 0 radical (unpaired) electrons. The zero-order valence-corrected chi connectivity index (χ0v) is 11.3. The summed E-state index contributed by atoms with van der Waals surface area (Å²) in [5.74, 6) is 2.31. The first kappa shape index (κ1) is 14.3. The molecule has 14 heavy (non-hydrogen) atoms. The van der Waals surface area contributed by atoms with E-state index in [1.165, 1.54) is 44.3 Å². The number of unbranched alkanes of at least 4 members (excludes halogenated alkanes) is 1. The first-order valence-electron chi connectivity index (χ1n) is 6.36. The average molecular weight is 216 g/mol. The molecule has 0 heterocycles. The smallest absolute Gasteiger partial charge is 0.00471 e. The summed E-state index contributed by atoms with van der Waals surface area (Å²) in [6.07, 6.45) is 8.52. The fourth-order valence-electron chi connectivity index (χ4n) is 1.63. The lowest BCUT2D eigenvalue weighted by Crippen LogP contribution is -2.13. The highest BCUT2D eigenvalue weighted by Crippen LogP contribution is 2.31. The molecule has 0 aromatic rings. The minimum Gasteiger partial charge on any atom is -0.159 e. The molecule has 1 heteroatoms. The number of rotatable bonds is 3. The van der Waals surface area contributed by atoms with E-state index in [0.717, 1.165) is 11.2 Å². The monoisotopic (exact) mass is 216 g/mol. The van der Waals surface area contributed by atoms with Crippen LogP contribution in [0.3, 0.4) is 0 Å². The van der Waals surface area contributed by atoms with Crippen molar-refractivity contribution in [2.75, 3.05) is 5.75 Å². The second kappa shape index (κ2) is 9.89. The third-order valence-corrected chi connectivity index (χ3v) is 4.14. The molecule has 0 aliphatic heterocycles. The maximum Gasteiger partial charge on any atom is 0.00471 e. The maximum atomic E-state index is 2.38. The Morgan fingerprint density at radius 3 is 1.79 bits per heavy atom. The summed E-state index contributed by atoms with van der Waals surface area (Å²) in [5, 5.41) is 1.00. The summed E-state index contributed by atoms with van der Waals surface area (Å²) >= 11 is 2.15. The second-order valence-corrected chi connectivity index (χ2v) is 5.91. The normalized spacial score (nSPS) is 26.6. The van der Waals surface area contributed by atoms with Gasteiger partial charge in [-0.05, 0) is 37.4 Å². The van der Waals surface area contributed by atoms with Crippen molar-refractivity contribution in [2.24, 2.45) is 5.92 Å². The van der Waals surface area contributed by atoms with Crippen LogP contribution in [0.2, 0.25) is 0 Å². The fourth-order valence-corrected chi connectivity index (χ4v) is 2.71. The van der Waals surface area contributed by atoms with E-state index in [2.05, 4.69) is 39.5 Å². The Bertz CT molecular complexity index is 102. The fraction of sp³-hybridized carbons (Fsp3) is 1.00. The third kappa shape index (κ3) is 7.73. The lowest BCUT2D eigenvalue weighted by atomic mass is 9.91. The van der Waals surface area contributed by atoms with Crippen LogP contribution in [-0.4, -0.2) is 11.0 Å². The molecule has 1 fully saturated rings. The van der Waals surface area contributed by atoms with Crippen LogP contribution < -0.4 is 0 Å². The molecule has 1 saturated carbocycles. The van der Waals surface area contributed by atoms with Crippen molar-refractivity contribution < 1.29 is 0 Å². The predicted molar refractivity (Wildman–Crippen MR) is 70.1 cm³/mol. The molecule has 0 unspecified atom stereocenters. The summed E-state index contributed by atoms with van der Waals surface area (Å²) in [6.45, 7) is 9.01. The lowest BCUT2D eigenvalue weighted by molar-refractivity contribution is 0.393. The highest BCUT2D eigenvalue weighted by molar-refractivity contribution is 7.99. The summed E-state index contributed by atoms with van der Waals surface area (Å²) in [6, 6.07) is 0. The molecule has 0 atom stereocenters. The average Bonchev–Trinajstić information content (AvgIpc) is 2.22. The zero-order chi connectivity index (χ0) is 10.8. The molecular weight excluding hydrogens is 188 g/mol. The van der Waals surface area contributed by atoms with Crippen molar-refractivity contribution in [1.82, 2.24) is 0 Å². The summed E-state index contributed by atoms with van der Waals surface area (Å²) in [5.41, 5.74) is 0. The van der Waals surface area contributed by atoms with Gasteiger partial charge < -0.3 is 0 Å². The Morgan fingerprint density at radius 2 is 1.43 bits per heavy atom. The summed E-state index contributed by atoms with van der Waals surface area (Å²) in [4.78, 5) is 0. The molecule has 86 valence electrons. The van der Waals surface area contributed by atoms with E-state index in [1.807, 2.05) is 0 Å². The number of hydrogen-bond acceptors (Lipinski definition) is 1. The minimum atomic E-state index is 1.00. The number of thioether (sulfide) groups is 1. The first-order chi connectivity index (χ1) is 6.74. The molecular formula is C13H28S. The minimum absolute atomic E-state index is 1.00. The lowest BCUT2D eigenvalue weighted by Gasteiger charge is -2.25. The number of hydrogen-bond donors (Lipinski definition) is 0. The quantitative estimate of drug-likeness (QED) is 0.630. The standard InChI is InChI=1S/C9H18S.C4H10/c1-3-10-9-6-4-8(2)5-7-9;1-3-4-2/h8-9H,3-7H2,1-2H3;3-4H2,1-2H3. The molecule has 1 aliphatic carbocycles. The molecule has 0 amide bonds. The molecule has 0 bridgehead atoms. The Labute approximate surface area is 95.2 Å². The van der Waals surface area contributed by atoms with Crippen LogP contribution >= 0.6 is 11.8 Å². The van der Waals surface area contributed by atoms with Gasteiger partial charge in [0.05, 0.1) is 0 Å². The van der Waals surface area contributed by atoms with Crippen molar-refractivity contribution >= 4 is 11.8 Å². The topological polar surface area (TPSA) is 0 Å². The van der Waals surface area contributed by atoms with Gasteiger partial charge in [0, 0.05) is 5.25 Å². The molecule has 0 aromatic carbocycles. The van der Waals surface area contributed by atoms with E-state index in [4.69, 9.17) is 0 Å². The zero-order valence-electron chi connectivity index (χ0n) is 10.5. The molecule has 1 aliphatic rings. The van der Waals surface area contributed by atoms with Crippen LogP contribution in [0, 0.1) is 5.92 Å². The predicted octanol–water partition coefficient (Wildman–Crippen LogP) is 5.12. The van der Waals surface area contributed by atoms with Crippen LogP contribution in [0.1, 0.15) is 66.2 Å². The molecule has 1 rings (SSSR count). The molecule has 0 nitrogen and oxygen atoms in total. The summed E-state index contributed by atoms with van der Waals surface area (Å²) in [7, 11) is 0. The van der Waals surface area contributed by atoms with Crippen molar-refractivity contribution in [3.63, 3.8) is 0 Å². The van der Waals surface area contributed by atoms with Gasteiger partial charge in [-0.3, -0.25) is 0 Å².